The van der Waals surface area contributed by atoms with Gasteiger partial charge in [0.2, 0.25) is 0 Å². The van der Waals surface area contributed by atoms with E-state index < -0.39 is 0 Å². The molecule has 2 aromatic rings. The lowest BCUT2D eigenvalue weighted by Gasteiger charge is -2.20. The summed E-state index contributed by atoms with van der Waals surface area (Å²) in [6.45, 7) is 5.89. The summed E-state index contributed by atoms with van der Waals surface area (Å²) in [5, 5.41) is 4.21. The number of hydrogen-bond donors (Lipinski definition) is 0. The van der Waals surface area contributed by atoms with Gasteiger partial charge < -0.3 is 0 Å². The van der Waals surface area contributed by atoms with Crippen LogP contribution in [0, 0.1) is 0 Å². The highest BCUT2D eigenvalue weighted by Crippen LogP contribution is 2.17. The van der Waals surface area contributed by atoms with Crippen LogP contribution in [0.3, 0.4) is 0 Å². The molecule has 0 spiro atoms. The molecule has 2 rings (SSSR count). The van der Waals surface area contributed by atoms with E-state index in [-0.39, 0.29) is 16.8 Å². The van der Waals surface area contributed by atoms with Gasteiger partial charge in [-0.25, -0.2) is 4.79 Å². The minimum absolute atomic E-state index is 0.300. The van der Waals surface area contributed by atoms with Crippen LogP contribution in [0.1, 0.15) is 20.8 Å². The molecule has 0 atom stereocenters. The molecule has 0 aliphatic heterocycles. The Bertz CT molecular complexity index is 697. The summed E-state index contributed by atoms with van der Waals surface area (Å²) in [7, 11) is 3.11. The van der Waals surface area contributed by atoms with Gasteiger partial charge >= 0.3 is 5.69 Å². The fourth-order valence-corrected chi connectivity index (χ4v) is 1.87. The van der Waals surface area contributed by atoms with Gasteiger partial charge in [-0.05, 0) is 20.8 Å². The maximum absolute atomic E-state index is 12.1. The van der Waals surface area contributed by atoms with Crippen LogP contribution in [-0.4, -0.2) is 18.9 Å². The zero-order chi connectivity index (χ0) is 13.0. The Labute approximate surface area is 98.1 Å². The van der Waals surface area contributed by atoms with Crippen molar-refractivity contribution in [2.24, 2.45) is 14.1 Å². The summed E-state index contributed by atoms with van der Waals surface area (Å²) < 4.78 is 4.20. The molecule has 17 heavy (non-hydrogen) atoms. The van der Waals surface area contributed by atoms with Gasteiger partial charge in [0, 0.05) is 14.1 Å². The number of aryl methyl sites for hydroxylation is 1. The standard InChI is InChI=1S/C11H16N4O2/c1-11(2,3)15-8-7(6-12-15)13(4)10(17)14(5)9(8)16/h6H,1-5H3. The third-order valence-electron chi connectivity index (χ3n) is 2.83. The highest BCUT2D eigenvalue weighted by molar-refractivity contribution is 5.73. The summed E-state index contributed by atoms with van der Waals surface area (Å²) in [6.07, 6.45) is 1.56. The van der Waals surface area contributed by atoms with E-state index in [1.54, 1.807) is 17.9 Å². The van der Waals surface area contributed by atoms with Crippen LogP contribution < -0.4 is 11.2 Å². The topological polar surface area (TPSA) is 61.8 Å². The third-order valence-corrected chi connectivity index (χ3v) is 2.83. The minimum atomic E-state index is -0.337. The number of fused-ring (bicyclic) bond motifs is 1. The van der Waals surface area contributed by atoms with Gasteiger partial charge in [-0.15, -0.1) is 0 Å². The predicted molar refractivity (Wildman–Crippen MR) is 65.2 cm³/mol. The number of hydrogen-bond acceptors (Lipinski definition) is 3. The van der Waals surface area contributed by atoms with E-state index >= 15 is 0 Å². The van der Waals surface area contributed by atoms with Crippen molar-refractivity contribution < 1.29 is 0 Å². The molecule has 92 valence electrons. The van der Waals surface area contributed by atoms with Gasteiger partial charge in [-0.1, -0.05) is 0 Å². The molecule has 6 nitrogen and oxygen atoms in total. The summed E-state index contributed by atoms with van der Waals surface area (Å²) in [6, 6.07) is 0. The second-order valence-electron chi connectivity index (χ2n) is 5.17. The SMILES string of the molecule is Cn1c(=O)c2c(cnn2C(C)(C)C)n(C)c1=O. The van der Waals surface area contributed by atoms with Crippen molar-refractivity contribution in [1.29, 1.82) is 0 Å². The van der Waals surface area contributed by atoms with E-state index in [0.717, 1.165) is 4.57 Å². The van der Waals surface area contributed by atoms with Crippen LogP contribution >= 0.6 is 0 Å². The first kappa shape index (κ1) is 11.6. The maximum atomic E-state index is 12.1. The van der Waals surface area contributed by atoms with E-state index in [9.17, 15) is 9.59 Å². The van der Waals surface area contributed by atoms with E-state index in [4.69, 9.17) is 0 Å². The van der Waals surface area contributed by atoms with Crippen molar-refractivity contribution in [3.05, 3.63) is 27.0 Å². The number of aromatic nitrogens is 4. The van der Waals surface area contributed by atoms with Gasteiger partial charge in [-0.3, -0.25) is 18.6 Å². The molecule has 0 aromatic carbocycles. The summed E-state index contributed by atoms with van der Waals surface area (Å²) >= 11 is 0. The molecule has 2 aromatic heterocycles. The molecule has 0 aliphatic rings. The van der Waals surface area contributed by atoms with Crippen LogP contribution in [0.2, 0.25) is 0 Å². The molecular formula is C11H16N4O2. The molecule has 0 bridgehead atoms. The molecule has 6 heteroatoms. The second kappa shape index (κ2) is 3.32. The van der Waals surface area contributed by atoms with Crippen LogP contribution in [0.25, 0.3) is 11.0 Å². The van der Waals surface area contributed by atoms with Gasteiger partial charge in [0.15, 0.2) is 5.52 Å². The Morgan fingerprint density at radius 2 is 1.71 bits per heavy atom. The molecule has 2 heterocycles. The smallest absolute Gasteiger partial charge is 0.293 e. The Kier molecular flexibility index (Phi) is 2.27. The third kappa shape index (κ3) is 1.51. The largest absolute Gasteiger partial charge is 0.331 e. The van der Waals surface area contributed by atoms with Crippen molar-refractivity contribution in [3.63, 3.8) is 0 Å². The summed E-state index contributed by atoms with van der Waals surface area (Å²) in [5.74, 6) is 0. The monoisotopic (exact) mass is 236 g/mol. The average Bonchev–Trinajstić information content (AvgIpc) is 2.67. The minimum Gasteiger partial charge on any atom is -0.293 e. The molecule has 0 radical (unpaired) electrons. The average molecular weight is 236 g/mol. The highest BCUT2D eigenvalue weighted by Gasteiger charge is 2.21. The lowest BCUT2D eigenvalue weighted by molar-refractivity contribution is 0.366. The van der Waals surface area contributed by atoms with Crippen molar-refractivity contribution in [2.45, 2.75) is 26.3 Å². The Balaban J connectivity index is 3.07. The molecule has 0 unspecified atom stereocenters. The van der Waals surface area contributed by atoms with Crippen molar-refractivity contribution in [2.75, 3.05) is 0 Å². The first-order chi connectivity index (χ1) is 7.75. The molecule has 0 amide bonds. The van der Waals surface area contributed by atoms with Crippen molar-refractivity contribution >= 4 is 11.0 Å². The van der Waals surface area contributed by atoms with E-state index in [2.05, 4.69) is 5.10 Å². The van der Waals surface area contributed by atoms with Crippen molar-refractivity contribution in [1.82, 2.24) is 18.9 Å². The normalized spacial score (nSPS) is 12.3. The molecule has 0 N–H and O–H groups in total. The molecule has 0 aliphatic carbocycles. The van der Waals surface area contributed by atoms with Crippen molar-refractivity contribution in [3.8, 4) is 0 Å². The quantitative estimate of drug-likeness (QED) is 0.656. The first-order valence-corrected chi connectivity index (χ1v) is 5.39. The molecule has 0 saturated carbocycles. The van der Waals surface area contributed by atoms with E-state index in [1.807, 2.05) is 20.8 Å². The number of nitrogens with zero attached hydrogens (tertiary/aromatic N) is 4. The fourth-order valence-electron chi connectivity index (χ4n) is 1.87. The Hall–Kier alpha value is -1.85. The summed E-state index contributed by atoms with van der Waals surface area (Å²) in [4.78, 5) is 23.9. The van der Waals surface area contributed by atoms with E-state index in [0.29, 0.717) is 11.0 Å². The predicted octanol–water partition coefficient (Wildman–Crippen LogP) is 0.189. The maximum Gasteiger partial charge on any atom is 0.331 e. The fraction of sp³-hybridized carbons (Fsp3) is 0.545. The van der Waals surface area contributed by atoms with Gasteiger partial charge in [0.25, 0.3) is 5.56 Å². The summed E-state index contributed by atoms with van der Waals surface area (Å²) in [5.41, 5.74) is 0.0762. The first-order valence-electron chi connectivity index (χ1n) is 5.39. The van der Waals surface area contributed by atoms with Crippen LogP contribution in [0.4, 0.5) is 0 Å². The lowest BCUT2D eigenvalue weighted by atomic mass is 10.1. The Morgan fingerprint density at radius 3 is 2.24 bits per heavy atom. The number of rotatable bonds is 0. The lowest BCUT2D eigenvalue weighted by Crippen LogP contribution is -2.38. The highest BCUT2D eigenvalue weighted by atomic mass is 16.2. The van der Waals surface area contributed by atoms with E-state index in [1.165, 1.54) is 11.6 Å². The molecule has 0 saturated heterocycles. The van der Waals surface area contributed by atoms with Crippen LogP contribution in [-0.2, 0) is 19.6 Å². The van der Waals surface area contributed by atoms with Crippen LogP contribution in [0.5, 0.6) is 0 Å². The molecular weight excluding hydrogens is 220 g/mol. The zero-order valence-electron chi connectivity index (χ0n) is 10.7. The van der Waals surface area contributed by atoms with Gasteiger partial charge in [-0.2, -0.15) is 5.10 Å². The van der Waals surface area contributed by atoms with Gasteiger partial charge in [0.05, 0.1) is 17.3 Å². The second-order valence-corrected chi connectivity index (χ2v) is 5.17. The molecule has 0 fully saturated rings. The zero-order valence-corrected chi connectivity index (χ0v) is 10.7. The van der Waals surface area contributed by atoms with Gasteiger partial charge in [0.1, 0.15) is 0 Å². The van der Waals surface area contributed by atoms with Crippen LogP contribution in [0.15, 0.2) is 15.8 Å². The Morgan fingerprint density at radius 1 is 1.12 bits per heavy atom.